The lowest BCUT2D eigenvalue weighted by atomic mass is 10.00. The molecule has 27 heavy (non-hydrogen) atoms. The van der Waals surface area contributed by atoms with Gasteiger partial charge in [-0.3, -0.25) is 9.59 Å². The van der Waals surface area contributed by atoms with Crippen molar-refractivity contribution in [3.8, 4) is 11.3 Å². The van der Waals surface area contributed by atoms with Crippen molar-refractivity contribution in [3.63, 3.8) is 0 Å². The summed E-state index contributed by atoms with van der Waals surface area (Å²) < 4.78 is 5.46. The minimum atomic E-state index is -0.450. The van der Waals surface area contributed by atoms with Crippen molar-refractivity contribution in [2.45, 2.75) is 59.0 Å². The molecule has 6 nitrogen and oxygen atoms in total. The Balaban J connectivity index is 1.83. The van der Waals surface area contributed by atoms with Crippen molar-refractivity contribution >= 4 is 11.8 Å². The molecule has 1 aliphatic heterocycles. The molecule has 0 spiro atoms. The van der Waals surface area contributed by atoms with E-state index in [0.717, 1.165) is 29.5 Å². The Morgan fingerprint density at radius 3 is 2.74 bits per heavy atom. The van der Waals surface area contributed by atoms with Crippen LogP contribution in [0.15, 0.2) is 28.8 Å². The molecular formula is C21H27N3O3. The number of hydrogen-bond donors (Lipinski definition) is 1. The van der Waals surface area contributed by atoms with E-state index in [4.69, 9.17) is 4.52 Å². The van der Waals surface area contributed by atoms with Gasteiger partial charge >= 0.3 is 0 Å². The van der Waals surface area contributed by atoms with Gasteiger partial charge in [-0.25, -0.2) is 0 Å². The molecule has 1 saturated heterocycles. The largest absolute Gasteiger partial charge is 0.355 e. The minimum Gasteiger partial charge on any atom is -0.355 e. The summed E-state index contributed by atoms with van der Waals surface area (Å²) in [5, 5.41) is 6.91. The second-order valence-electron chi connectivity index (χ2n) is 7.57. The summed E-state index contributed by atoms with van der Waals surface area (Å²) in [5.41, 5.74) is 3.34. The van der Waals surface area contributed by atoms with Crippen LogP contribution in [0.25, 0.3) is 11.3 Å². The standard InChI is InChI=1S/C21H27N3O3/c1-13(2)22-20(25)18-7-5-6-10-24(18)21(26)17-12-19(27-23-17)16-11-14(3)8-9-15(16)4/h8-9,11-13,18H,5-7,10H2,1-4H3,(H,22,25). The Morgan fingerprint density at radius 1 is 1.22 bits per heavy atom. The fraction of sp³-hybridized carbons (Fsp3) is 0.476. The highest BCUT2D eigenvalue weighted by Crippen LogP contribution is 2.27. The Bertz CT molecular complexity index is 841. The Hall–Kier alpha value is -2.63. The molecule has 1 fully saturated rings. The topological polar surface area (TPSA) is 75.4 Å². The maximum absolute atomic E-state index is 13.0. The molecule has 2 amide bonds. The first kappa shape index (κ1) is 19.1. The van der Waals surface area contributed by atoms with E-state index in [9.17, 15) is 9.59 Å². The molecular weight excluding hydrogens is 342 g/mol. The number of amides is 2. The first-order valence-corrected chi connectivity index (χ1v) is 9.52. The van der Waals surface area contributed by atoms with Gasteiger partial charge in [0.15, 0.2) is 11.5 Å². The van der Waals surface area contributed by atoms with E-state index < -0.39 is 6.04 Å². The van der Waals surface area contributed by atoms with Crippen molar-refractivity contribution in [1.82, 2.24) is 15.4 Å². The van der Waals surface area contributed by atoms with E-state index in [1.54, 1.807) is 11.0 Å². The molecule has 144 valence electrons. The summed E-state index contributed by atoms with van der Waals surface area (Å²) in [6.07, 6.45) is 2.50. The van der Waals surface area contributed by atoms with Crippen LogP contribution in [0.2, 0.25) is 0 Å². The number of carbonyl (C=O) groups excluding carboxylic acids is 2. The lowest BCUT2D eigenvalue weighted by Crippen LogP contribution is -2.53. The van der Waals surface area contributed by atoms with Gasteiger partial charge in [0.25, 0.3) is 5.91 Å². The number of likely N-dealkylation sites (tertiary alicyclic amines) is 1. The average Bonchev–Trinajstić information content (AvgIpc) is 3.12. The summed E-state index contributed by atoms with van der Waals surface area (Å²) in [6.45, 7) is 8.40. The fourth-order valence-electron chi connectivity index (χ4n) is 3.48. The third kappa shape index (κ3) is 4.21. The number of nitrogens with zero attached hydrogens (tertiary/aromatic N) is 2. The van der Waals surface area contributed by atoms with Gasteiger partial charge in [-0.2, -0.15) is 0 Å². The highest BCUT2D eigenvalue weighted by Gasteiger charge is 2.34. The molecule has 0 radical (unpaired) electrons. The van der Waals surface area contributed by atoms with Crippen LogP contribution in [0.5, 0.6) is 0 Å². The molecule has 0 saturated carbocycles. The highest BCUT2D eigenvalue weighted by molar-refractivity contribution is 5.97. The van der Waals surface area contributed by atoms with Crippen LogP contribution in [-0.4, -0.2) is 40.5 Å². The van der Waals surface area contributed by atoms with Crippen molar-refractivity contribution in [1.29, 1.82) is 0 Å². The summed E-state index contributed by atoms with van der Waals surface area (Å²) >= 11 is 0. The summed E-state index contributed by atoms with van der Waals surface area (Å²) in [5.74, 6) is 0.218. The van der Waals surface area contributed by atoms with Gasteiger partial charge in [-0.15, -0.1) is 0 Å². The maximum Gasteiger partial charge on any atom is 0.276 e. The van der Waals surface area contributed by atoms with E-state index in [0.29, 0.717) is 18.7 Å². The molecule has 1 N–H and O–H groups in total. The van der Waals surface area contributed by atoms with E-state index in [1.807, 2.05) is 45.9 Å². The van der Waals surface area contributed by atoms with Crippen LogP contribution < -0.4 is 5.32 Å². The van der Waals surface area contributed by atoms with Gasteiger partial charge in [0.05, 0.1) is 0 Å². The molecule has 2 heterocycles. The van der Waals surface area contributed by atoms with Gasteiger partial charge in [0.1, 0.15) is 6.04 Å². The first-order valence-electron chi connectivity index (χ1n) is 9.52. The molecule has 1 aromatic carbocycles. The highest BCUT2D eigenvalue weighted by atomic mass is 16.5. The molecule has 1 atom stereocenters. The zero-order valence-corrected chi connectivity index (χ0v) is 16.4. The van der Waals surface area contributed by atoms with E-state index in [1.165, 1.54) is 0 Å². The van der Waals surface area contributed by atoms with Crippen LogP contribution in [-0.2, 0) is 4.79 Å². The number of piperidine rings is 1. The zero-order valence-electron chi connectivity index (χ0n) is 16.4. The number of hydrogen-bond acceptors (Lipinski definition) is 4. The summed E-state index contributed by atoms with van der Waals surface area (Å²) in [7, 11) is 0. The lowest BCUT2D eigenvalue weighted by Gasteiger charge is -2.34. The van der Waals surface area contributed by atoms with E-state index >= 15 is 0 Å². The Kier molecular flexibility index (Phi) is 5.63. The van der Waals surface area contributed by atoms with Gasteiger partial charge < -0.3 is 14.7 Å². The number of nitrogens with one attached hydrogen (secondary N) is 1. The van der Waals surface area contributed by atoms with Gasteiger partial charge in [-0.1, -0.05) is 22.9 Å². The number of benzene rings is 1. The normalized spacial score (nSPS) is 17.2. The third-order valence-corrected chi connectivity index (χ3v) is 4.89. The Morgan fingerprint density at radius 2 is 2.00 bits per heavy atom. The van der Waals surface area contributed by atoms with Gasteiger partial charge in [-0.05, 0) is 58.6 Å². The van der Waals surface area contributed by atoms with Gasteiger partial charge in [0, 0.05) is 24.2 Å². The molecule has 0 aliphatic carbocycles. The maximum atomic E-state index is 13.0. The number of aryl methyl sites for hydroxylation is 2. The molecule has 6 heteroatoms. The van der Waals surface area contributed by atoms with Crippen molar-refractivity contribution in [3.05, 3.63) is 41.1 Å². The number of rotatable bonds is 4. The molecule has 2 aromatic rings. The zero-order chi connectivity index (χ0) is 19.6. The molecule has 1 unspecified atom stereocenters. The molecule has 0 bridgehead atoms. The van der Waals surface area contributed by atoms with Crippen molar-refractivity contribution < 1.29 is 14.1 Å². The molecule has 1 aliphatic rings. The number of aromatic nitrogens is 1. The first-order chi connectivity index (χ1) is 12.9. The van der Waals surface area contributed by atoms with Crippen LogP contribution in [0, 0.1) is 13.8 Å². The second-order valence-corrected chi connectivity index (χ2v) is 7.57. The second kappa shape index (κ2) is 7.94. The smallest absolute Gasteiger partial charge is 0.276 e. The lowest BCUT2D eigenvalue weighted by molar-refractivity contribution is -0.127. The minimum absolute atomic E-state index is 0.0410. The third-order valence-electron chi connectivity index (χ3n) is 4.89. The van der Waals surface area contributed by atoms with E-state index in [-0.39, 0.29) is 23.6 Å². The summed E-state index contributed by atoms with van der Waals surface area (Å²) in [4.78, 5) is 27.2. The van der Waals surface area contributed by atoms with Crippen LogP contribution >= 0.6 is 0 Å². The SMILES string of the molecule is Cc1ccc(C)c(-c2cc(C(=O)N3CCCCC3C(=O)NC(C)C)no2)c1. The fourth-order valence-corrected chi connectivity index (χ4v) is 3.48. The van der Waals surface area contributed by atoms with E-state index in [2.05, 4.69) is 10.5 Å². The molecule has 1 aromatic heterocycles. The van der Waals surface area contributed by atoms with Gasteiger partial charge in [0.2, 0.25) is 5.91 Å². The quantitative estimate of drug-likeness (QED) is 0.895. The molecule has 3 rings (SSSR count). The number of carbonyl (C=O) groups is 2. The van der Waals surface area contributed by atoms with Crippen LogP contribution in [0.3, 0.4) is 0 Å². The predicted molar refractivity (Wildman–Crippen MR) is 103 cm³/mol. The Labute approximate surface area is 159 Å². The predicted octanol–water partition coefficient (Wildman–Crippen LogP) is 3.48. The van der Waals surface area contributed by atoms with Crippen molar-refractivity contribution in [2.24, 2.45) is 0 Å². The van der Waals surface area contributed by atoms with Crippen molar-refractivity contribution in [2.75, 3.05) is 6.54 Å². The summed E-state index contributed by atoms with van der Waals surface area (Å²) in [6, 6.07) is 7.34. The van der Waals surface area contributed by atoms with Crippen LogP contribution in [0.4, 0.5) is 0 Å². The average molecular weight is 369 g/mol. The monoisotopic (exact) mass is 369 g/mol. The van der Waals surface area contributed by atoms with Crippen LogP contribution in [0.1, 0.15) is 54.7 Å².